The molecular formula is C10H11N3O2S2. The molecule has 5 nitrogen and oxygen atoms in total. The van der Waals surface area contributed by atoms with E-state index in [2.05, 4.69) is 4.98 Å². The minimum absolute atomic E-state index is 0.101. The lowest BCUT2D eigenvalue weighted by atomic mass is 10.4. The van der Waals surface area contributed by atoms with Gasteiger partial charge in [0.2, 0.25) is 5.91 Å². The maximum atomic E-state index is 12.0. The maximum absolute atomic E-state index is 12.0. The highest BCUT2D eigenvalue weighted by molar-refractivity contribution is 8.00. The van der Waals surface area contributed by atoms with Crippen LogP contribution in [0.15, 0.2) is 21.4 Å². The molecule has 0 radical (unpaired) electrons. The van der Waals surface area contributed by atoms with Crippen molar-refractivity contribution in [3.8, 4) is 0 Å². The maximum Gasteiger partial charge on any atom is 0.262 e. The van der Waals surface area contributed by atoms with E-state index in [1.54, 1.807) is 20.0 Å². The van der Waals surface area contributed by atoms with E-state index >= 15 is 0 Å². The number of carbonyl (C=O) groups excluding carboxylic acids is 1. The predicted molar refractivity (Wildman–Crippen MR) is 69.4 cm³/mol. The molecule has 1 atom stereocenters. The third kappa shape index (κ3) is 2.20. The van der Waals surface area contributed by atoms with Crippen LogP contribution in [-0.4, -0.2) is 20.7 Å². The molecule has 0 bridgehead atoms. The van der Waals surface area contributed by atoms with Gasteiger partial charge in [0.1, 0.15) is 4.83 Å². The Hall–Kier alpha value is -1.34. The Kier molecular flexibility index (Phi) is 3.21. The Morgan fingerprint density at radius 3 is 3.00 bits per heavy atom. The largest absolute Gasteiger partial charge is 0.369 e. The summed E-state index contributed by atoms with van der Waals surface area (Å²) in [4.78, 5) is 28.0. The van der Waals surface area contributed by atoms with Gasteiger partial charge in [-0.1, -0.05) is 11.8 Å². The van der Waals surface area contributed by atoms with E-state index in [4.69, 9.17) is 5.73 Å². The summed E-state index contributed by atoms with van der Waals surface area (Å²) >= 11 is 2.60. The van der Waals surface area contributed by atoms with E-state index in [-0.39, 0.29) is 5.56 Å². The number of amides is 1. The number of fused-ring (bicyclic) bond motifs is 1. The van der Waals surface area contributed by atoms with Crippen LogP contribution in [0.5, 0.6) is 0 Å². The van der Waals surface area contributed by atoms with Gasteiger partial charge in [-0.25, -0.2) is 4.98 Å². The fraction of sp³-hybridized carbons (Fsp3) is 0.300. The van der Waals surface area contributed by atoms with E-state index in [0.29, 0.717) is 15.4 Å². The highest BCUT2D eigenvalue weighted by Gasteiger charge is 2.15. The fourth-order valence-corrected chi connectivity index (χ4v) is 2.93. The van der Waals surface area contributed by atoms with Crippen molar-refractivity contribution in [3.05, 3.63) is 21.8 Å². The molecule has 0 saturated carbocycles. The summed E-state index contributed by atoms with van der Waals surface area (Å²) in [5.74, 6) is -0.421. The first kappa shape index (κ1) is 12.1. The van der Waals surface area contributed by atoms with Crippen molar-refractivity contribution in [2.45, 2.75) is 17.3 Å². The average molecular weight is 269 g/mol. The molecule has 0 fully saturated rings. The molecule has 90 valence electrons. The van der Waals surface area contributed by atoms with Crippen LogP contribution in [0.1, 0.15) is 6.92 Å². The van der Waals surface area contributed by atoms with Crippen LogP contribution in [0, 0.1) is 0 Å². The molecule has 2 aromatic heterocycles. The molecule has 2 N–H and O–H groups in total. The first-order chi connectivity index (χ1) is 8.00. The molecule has 17 heavy (non-hydrogen) atoms. The number of nitrogens with zero attached hydrogens (tertiary/aromatic N) is 2. The van der Waals surface area contributed by atoms with Gasteiger partial charge in [0.25, 0.3) is 5.56 Å². The highest BCUT2D eigenvalue weighted by atomic mass is 32.2. The van der Waals surface area contributed by atoms with Crippen LogP contribution in [-0.2, 0) is 11.8 Å². The van der Waals surface area contributed by atoms with Gasteiger partial charge in [-0.2, -0.15) is 0 Å². The summed E-state index contributed by atoms with van der Waals surface area (Å²) < 4.78 is 1.44. The predicted octanol–water partition coefficient (Wildman–Crippen LogP) is 0.961. The number of primary amides is 1. The monoisotopic (exact) mass is 269 g/mol. The van der Waals surface area contributed by atoms with Crippen LogP contribution in [0.25, 0.3) is 10.2 Å². The van der Waals surface area contributed by atoms with Gasteiger partial charge in [0, 0.05) is 7.05 Å². The van der Waals surface area contributed by atoms with Crippen LogP contribution in [0.4, 0.5) is 0 Å². The number of thioether (sulfide) groups is 1. The van der Waals surface area contributed by atoms with Gasteiger partial charge in [-0.15, -0.1) is 11.3 Å². The Morgan fingerprint density at radius 1 is 1.65 bits per heavy atom. The number of rotatable bonds is 3. The molecule has 7 heteroatoms. The molecule has 0 spiro atoms. The zero-order valence-corrected chi connectivity index (χ0v) is 11.0. The summed E-state index contributed by atoms with van der Waals surface area (Å²) in [6.45, 7) is 1.69. The minimum atomic E-state index is -0.421. The van der Waals surface area contributed by atoms with Crippen molar-refractivity contribution >= 4 is 39.2 Å². The van der Waals surface area contributed by atoms with Gasteiger partial charge in [0.05, 0.1) is 10.6 Å². The number of hydrogen-bond acceptors (Lipinski definition) is 5. The van der Waals surface area contributed by atoms with Crippen molar-refractivity contribution in [1.82, 2.24) is 9.55 Å². The molecule has 0 aliphatic carbocycles. The van der Waals surface area contributed by atoms with Gasteiger partial charge in [-0.05, 0) is 18.4 Å². The van der Waals surface area contributed by atoms with E-state index in [0.717, 1.165) is 0 Å². The smallest absolute Gasteiger partial charge is 0.262 e. The SMILES string of the molecule is C[C@H](Sc1nc2sccc2c(=O)n1C)C(N)=O. The van der Waals surface area contributed by atoms with E-state index in [1.165, 1.54) is 27.7 Å². The normalized spacial score (nSPS) is 12.8. The Morgan fingerprint density at radius 2 is 2.35 bits per heavy atom. The van der Waals surface area contributed by atoms with Crippen molar-refractivity contribution in [1.29, 1.82) is 0 Å². The molecular weight excluding hydrogens is 258 g/mol. The third-order valence-corrected chi connectivity index (χ3v) is 4.32. The van der Waals surface area contributed by atoms with Crippen molar-refractivity contribution in [2.75, 3.05) is 0 Å². The topological polar surface area (TPSA) is 78.0 Å². The zero-order chi connectivity index (χ0) is 12.6. The van der Waals surface area contributed by atoms with Gasteiger partial charge in [-0.3, -0.25) is 14.2 Å². The Balaban J connectivity index is 2.51. The zero-order valence-electron chi connectivity index (χ0n) is 9.34. The highest BCUT2D eigenvalue weighted by Crippen LogP contribution is 2.23. The fourth-order valence-electron chi connectivity index (χ4n) is 1.30. The van der Waals surface area contributed by atoms with Crippen LogP contribution < -0.4 is 11.3 Å². The molecule has 2 heterocycles. The number of hydrogen-bond donors (Lipinski definition) is 1. The lowest BCUT2D eigenvalue weighted by Gasteiger charge is -2.09. The lowest BCUT2D eigenvalue weighted by molar-refractivity contribution is -0.117. The molecule has 0 aliphatic heterocycles. The van der Waals surface area contributed by atoms with Crippen molar-refractivity contribution in [3.63, 3.8) is 0 Å². The van der Waals surface area contributed by atoms with Crippen LogP contribution in [0.2, 0.25) is 0 Å². The molecule has 0 aliphatic rings. The Labute approximate surface area is 106 Å². The van der Waals surface area contributed by atoms with Crippen molar-refractivity contribution in [2.24, 2.45) is 12.8 Å². The van der Waals surface area contributed by atoms with Gasteiger partial charge < -0.3 is 5.73 Å². The van der Waals surface area contributed by atoms with Gasteiger partial charge >= 0.3 is 0 Å². The Bertz CT molecular complexity index is 632. The quantitative estimate of drug-likeness (QED) is 0.665. The van der Waals surface area contributed by atoms with Crippen molar-refractivity contribution < 1.29 is 4.79 Å². The number of thiophene rings is 1. The number of carbonyl (C=O) groups is 1. The summed E-state index contributed by atoms with van der Waals surface area (Å²) in [5, 5.41) is 2.53. The molecule has 1 amide bonds. The van der Waals surface area contributed by atoms with Crippen LogP contribution >= 0.6 is 23.1 Å². The van der Waals surface area contributed by atoms with Crippen LogP contribution in [0.3, 0.4) is 0 Å². The molecule has 0 unspecified atom stereocenters. The molecule has 0 aromatic carbocycles. The average Bonchev–Trinajstić information content (AvgIpc) is 2.73. The number of aromatic nitrogens is 2. The van der Waals surface area contributed by atoms with E-state index < -0.39 is 11.2 Å². The summed E-state index contributed by atoms with van der Waals surface area (Å²) in [6.07, 6.45) is 0. The van der Waals surface area contributed by atoms with Gasteiger partial charge in [0.15, 0.2) is 5.16 Å². The summed E-state index contributed by atoms with van der Waals surface area (Å²) in [5.41, 5.74) is 5.09. The molecule has 2 aromatic rings. The van der Waals surface area contributed by atoms with E-state index in [1.807, 2.05) is 5.38 Å². The lowest BCUT2D eigenvalue weighted by Crippen LogP contribution is -2.25. The minimum Gasteiger partial charge on any atom is -0.369 e. The second kappa shape index (κ2) is 4.50. The second-order valence-electron chi connectivity index (χ2n) is 3.56. The molecule has 2 rings (SSSR count). The van der Waals surface area contributed by atoms with E-state index in [9.17, 15) is 9.59 Å². The first-order valence-corrected chi connectivity index (χ1v) is 6.67. The molecule has 0 saturated heterocycles. The third-order valence-electron chi connectivity index (χ3n) is 2.35. The summed E-state index contributed by atoms with van der Waals surface area (Å²) in [6, 6.07) is 1.75. The second-order valence-corrected chi connectivity index (χ2v) is 5.76. The summed E-state index contributed by atoms with van der Waals surface area (Å²) in [7, 11) is 1.64. The number of nitrogens with two attached hydrogens (primary N) is 1. The first-order valence-electron chi connectivity index (χ1n) is 4.91. The standard InChI is InChI=1S/C10H11N3O2S2/c1-5(7(11)14)17-10-12-8-6(3-4-16-8)9(15)13(10)2/h3-5H,1-2H3,(H2,11,14)/t5-/m0/s1.